The van der Waals surface area contributed by atoms with E-state index in [1.165, 1.54) is 0 Å². The number of hydrogen-bond donors (Lipinski definition) is 1. The first-order valence-electron chi connectivity index (χ1n) is 6.12. The van der Waals surface area contributed by atoms with Gasteiger partial charge in [0.1, 0.15) is 16.8 Å². The molecule has 2 heterocycles. The number of piperidine rings is 1. The standard InChI is InChI=1S/C12H17ClN4O/c1-3-10-15-9(13)6-11(16-10)14-8-4-5-12(18)17(2)7-8/h6,8H,3-5,7H2,1-2H3,(H,14,15,16). The van der Waals surface area contributed by atoms with E-state index in [0.717, 1.165) is 24.5 Å². The molecule has 2 rings (SSSR count). The van der Waals surface area contributed by atoms with E-state index in [0.29, 0.717) is 18.1 Å². The molecule has 0 aliphatic carbocycles. The fraction of sp³-hybridized carbons (Fsp3) is 0.583. The quantitative estimate of drug-likeness (QED) is 0.848. The number of carbonyl (C=O) groups excluding carboxylic acids is 1. The number of hydrogen-bond acceptors (Lipinski definition) is 4. The van der Waals surface area contributed by atoms with Crippen molar-refractivity contribution < 1.29 is 4.79 Å². The van der Waals surface area contributed by atoms with Gasteiger partial charge in [-0.05, 0) is 6.42 Å². The maximum Gasteiger partial charge on any atom is 0.222 e. The van der Waals surface area contributed by atoms with Gasteiger partial charge in [0.2, 0.25) is 5.91 Å². The first-order chi connectivity index (χ1) is 8.58. The van der Waals surface area contributed by atoms with Crippen LogP contribution in [-0.2, 0) is 11.2 Å². The molecule has 1 saturated heterocycles. The third-order valence-corrected chi connectivity index (χ3v) is 3.23. The van der Waals surface area contributed by atoms with Crippen LogP contribution in [0.15, 0.2) is 6.07 Å². The predicted molar refractivity (Wildman–Crippen MR) is 70.7 cm³/mol. The number of aryl methyl sites for hydroxylation is 1. The Hall–Kier alpha value is -1.36. The molecule has 1 aliphatic rings. The third kappa shape index (κ3) is 3.10. The summed E-state index contributed by atoms with van der Waals surface area (Å²) in [6.45, 7) is 2.68. The molecule has 1 aromatic heterocycles. The SMILES string of the molecule is CCc1nc(Cl)cc(NC2CCC(=O)N(C)C2)n1. The first kappa shape index (κ1) is 13.1. The van der Waals surface area contributed by atoms with Crippen LogP contribution in [-0.4, -0.2) is 40.4 Å². The number of amides is 1. The van der Waals surface area contributed by atoms with Crippen molar-refractivity contribution in [2.75, 3.05) is 18.9 Å². The number of nitrogens with zero attached hydrogens (tertiary/aromatic N) is 3. The summed E-state index contributed by atoms with van der Waals surface area (Å²) in [5, 5.41) is 3.77. The van der Waals surface area contributed by atoms with E-state index in [2.05, 4.69) is 15.3 Å². The molecule has 0 aromatic carbocycles. The maximum absolute atomic E-state index is 11.4. The summed E-state index contributed by atoms with van der Waals surface area (Å²) in [5.41, 5.74) is 0. The predicted octanol–water partition coefficient (Wildman–Crippen LogP) is 1.73. The van der Waals surface area contributed by atoms with E-state index in [9.17, 15) is 4.79 Å². The Morgan fingerprint density at radius 3 is 3.00 bits per heavy atom. The summed E-state index contributed by atoms with van der Waals surface area (Å²) in [4.78, 5) is 21.6. The molecule has 0 spiro atoms. The van der Waals surface area contributed by atoms with Gasteiger partial charge in [-0.25, -0.2) is 9.97 Å². The highest BCUT2D eigenvalue weighted by Gasteiger charge is 2.23. The normalized spacial score (nSPS) is 20.1. The topological polar surface area (TPSA) is 58.1 Å². The molecule has 1 fully saturated rings. The number of aromatic nitrogens is 2. The molecule has 1 atom stereocenters. The third-order valence-electron chi connectivity index (χ3n) is 3.04. The van der Waals surface area contributed by atoms with E-state index >= 15 is 0 Å². The summed E-state index contributed by atoms with van der Waals surface area (Å²) in [5.74, 6) is 1.66. The first-order valence-corrected chi connectivity index (χ1v) is 6.50. The molecule has 1 N–H and O–H groups in total. The van der Waals surface area contributed by atoms with Crippen molar-refractivity contribution in [1.82, 2.24) is 14.9 Å². The van der Waals surface area contributed by atoms with Crippen LogP contribution in [0.4, 0.5) is 5.82 Å². The molecule has 98 valence electrons. The second-order valence-electron chi connectivity index (χ2n) is 4.50. The van der Waals surface area contributed by atoms with Crippen LogP contribution < -0.4 is 5.32 Å². The van der Waals surface area contributed by atoms with Crippen molar-refractivity contribution in [3.63, 3.8) is 0 Å². The molecule has 1 aliphatic heterocycles. The Balaban J connectivity index is 2.05. The van der Waals surface area contributed by atoms with Crippen molar-refractivity contribution in [2.45, 2.75) is 32.2 Å². The number of nitrogens with one attached hydrogen (secondary N) is 1. The average molecular weight is 269 g/mol. The van der Waals surface area contributed by atoms with Gasteiger partial charge in [0.05, 0.1) is 0 Å². The van der Waals surface area contributed by atoms with E-state index in [1.807, 2.05) is 14.0 Å². The summed E-state index contributed by atoms with van der Waals surface area (Å²) in [7, 11) is 1.82. The van der Waals surface area contributed by atoms with Gasteiger partial charge in [-0.15, -0.1) is 0 Å². The Labute approximate surface area is 112 Å². The number of halogens is 1. The summed E-state index contributed by atoms with van der Waals surface area (Å²) in [6, 6.07) is 1.94. The molecule has 1 aromatic rings. The van der Waals surface area contributed by atoms with Gasteiger partial charge < -0.3 is 10.2 Å². The van der Waals surface area contributed by atoms with Crippen LogP contribution in [0.5, 0.6) is 0 Å². The average Bonchev–Trinajstić information content (AvgIpc) is 2.33. The van der Waals surface area contributed by atoms with Crippen LogP contribution in [0.25, 0.3) is 0 Å². The van der Waals surface area contributed by atoms with Crippen molar-refractivity contribution in [2.24, 2.45) is 0 Å². The van der Waals surface area contributed by atoms with E-state index in [1.54, 1.807) is 11.0 Å². The number of anilines is 1. The fourth-order valence-corrected chi connectivity index (χ4v) is 2.24. The van der Waals surface area contributed by atoms with Crippen LogP contribution >= 0.6 is 11.6 Å². The smallest absolute Gasteiger partial charge is 0.222 e. The molecule has 1 unspecified atom stereocenters. The van der Waals surface area contributed by atoms with Crippen LogP contribution in [0.2, 0.25) is 5.15 Å². The molecule has 18 heavy (non-hydrogen) atoms. The van der Waals surface area contributed by atoms with E-state index < -0.39 is 0 Å². The lowest BCUT2D eigenvalue weighted by atomic mass is 10.1. The summed E-state index contributed by atoms with van der Waals surface area (Å²) in [6.07, 6.45) is 2.15. The van der Waals surface area contributed by atoms with Crippen LogP contribution in [0, 0.1) is 0 Å². The number of likely N-dealkylation sites (N-methyl/N-ethyl adjacent to an activating group) is 1. The monoisotopic (exact) mass is 268 g/mol. The van der Waals surface area contributed by atoms with Crippen LogP contribution in [0.1, 0.15) is 25.6 Å². The number of rotatable bonds is 3. The minimum absolute atomic E-state index is 0.197. The van der Waals surface area contributed by atoms with Gasteiger partial charge in [-0.2, -0.15) is 0 Å². The highest BCUT2D eigenvalue weighted by molar-refractivity contribution is 6.29. The van der Waals surface area contributed by atoms with Crippen molar-refractivity contribution in [3.8, 4) is 0 Å². The number of likely N-dealkylation sites (tertiary alicyclic amines) is 1. The van der Waals surface area contributed by atoms with Gasteiger partial charge in [-0.1, -0.05) is 18.5 Å². The van der Waals surface area contributed by atoms with Gasteiger partial charge in [0.25, 0.3) is 0 Å². The fourth-order valence-electron chi connectivity index (χ4n) is 2.04. The highest BCUT2D eigenvalue weighted by atomic mass is 35.5. The molecular weight excluding hydrogens is 252 g/mol. The van der Waals surface area contributed by atoms with Crippen molar-refractivity contribution in [1.29, 1.82) is 0 Å². The highest BCUT2D eigenvalue weighted by Crippen LogP contribution is 2.17. The molecule has 0 bridgehead atoms. The van der Waals surface area contributed by atoms with E-state index in [-0.39, 0.29) is 11.9 Å². The largest absolute Gasteiger partial charge is 0.365 e. The van der Waals surface area contributed by atoms with Gasteiger partial charge >= 0.3 is 0 Å². The maximum atomic E-state index is 11.4. The van der Waals surface area contributed by atoms with Gasteiger partial charge in [0, 0.05) is 38.5 Å². The van der Waals surface area contributed by atoms with Crippen molar-refractivity contribution in [3.05, 3.63) is 17.0 Å². The van der Waals surface area contributed by atoms with Crippen LogP contribution in [0.3, 0.4) is 0 Å². The molecule has 6 heteroatoms. The lowest BCUT2D eigenvalue weighted by Crippen LogP contribution is -2.43. The lowest BCUT2D eigenvalue weighted by molar-refractivity contribution is -0.132. The van der Waals surface area contributed by atoms with Gasteiger partial charge in [0.15, 0.2) is 0 Å². The molecular formula is C12H17ClN4O. The Morgan fingerprint density at radius 1 is 1.56 bits per heavy atom. The van der Waals surface area contributed by atoms with E-state index in [4.69, 9.17) is 11.6 Å². The minimum Gasteiger partial charge on any atom is -0.365 e. The molecule has 0 radical (unpaired) electrons. The Bertz CT molecular complexity index is 452. The van der Waals surface area contributed by atoms with Gasteiger partial charge in [-0.3, -0.25) is 4.79 Å². The zero-order valence-electron chi connectivity index (χ0n) is 10.6. The zero-order valence-corrected chi connectivity index (χ0v) is 11.4. The van der Waals surface area contributed by atoms with Crippen molar-refractivity contribution >= 4 is 23.3 Å². The minimum atomic E-state index is 0.197. The zero-order chi connectivity index (χ0) is 13.1. The second-order valence-corrected chi connectivity index (χ2v) is 4.89. The number of carbonyl (C=O) groups is 1. The molecule has 5 nitrogen and oxygen atoms in total. The Kier molecular flexibility index (Phi) is 4.01. The molecule has 1 amide bonds. The second kappa shape index (κ2) is 5.52. The summed E-state index contributed by atoms with van der Waals surface area (Å²) < 4.78 is 0. The molecule has 0 saturated carbocycles. The lowest BCUT2D eigenvalue weighted by Gasteiger charge is -2.30. The summed E-state index contributed by atoms with van der Waals surface area (Å²) >= 11 is 5.94. The Morgan fingerprint density at radius 2 is 2.33 bits per heavy atom.